The molecule has 0 bridgehead atoms. The molecule has 2 N–H and O–H groups in total. The van der Waals surface area contributed by atoms with Gasteiger partial charge in [0.05, 0.1) is 12.2 Å². The topological polar surface area (TPSA) is 96.3 Å². The van der Waals surface area contributed by atoms with Gasteiger partial charge in [-0.3, -0.25) is 19.2 Å². The molecule has 1 atom stereocenters. The second-order valence-electron chi connectivity index (χ2n) is 7.68. The Hall–Kier alpha value is -2.38. The molecule has 1 aliphatic carbocycles. The molecule has 1 saturated heterocycles. The predicted molar refractivity (Wildman–Crippen MR) is 95.1 cm³/mol. The number of imide groups is 1. The van der Waals surface area contributed by atoms with E-state index in [-0.39, 0.29) is 24.4 Å². The highest BCUT2D eigenvalue weighted by molar-refractivity contribution is 6.09. The molecule has 2 aliphatic rings. The molecule has 2 heterocycles. The summed E-state index contributed by atoms with van der Waals surface area (Å²) < 4.78 is 1.74. The zero-order chi connectivity index (χ0) is 19.1. The average molecular weight is 361 g/mol. The number of amides is 4. The number of urea groups is 1. The standard InChI is InChI=1S/C18H27N5O3/c1-11-5-7-18(8-6-11)16(25)23(17(26)21-18)10-15(24)20-12(2)14-9-19-22(4)13(14)3/h9,11-12H,5-8,10H2,1-4H3,(H,20,24)(H,21,26)/t11?,12-,18?/m0/s1. The molecule has 142 valence electrons. The minimum atomic E-state index is -0.810. The molecule has 1 aromatic rings. The van der Waals surface area contributed by atoms with Crippen LogP contribution in [0.2, 0.25) is 0 Å². The fraction of sp³-hybridized carbons (Fsp3) is 0.667. The Bertz CT molecular complexity index is 733. The maximum atomic E-state index is 12.8. The number of nitrogens with zero attached hydrogens (tertiary/aromatic N) is 3. The molecular weight excluding hydrogens is 334 g/mol. The molecule has 1 aliphatic heterocycles. The van der Waals surface area contributed by atoms with Crippen molar-refractivity contribution in [3.05, 3.63) is 17.5 Å². The van der Waals surface area contributed by atoms with E-state index in [2.05, 4.69) is 22.7 Å². The summed E-state index contributed by atoms with van der Waals surface area (Å²) in [5.41, 5.74) is 1.06. The van der Waals surface area contributed by atoms with Crippen LogP contribution in [0.25, 0.3) is 0 Å². The number of rotatable bonds is 4. The van der Waals surface area contributed by atoms with Gasteiger partial charge < -0.3 is 10.6 Å². The van der Waals surface area contributed by atoms with Gasteiger partial charge in [-0.05, 0) is 45.4 Å². The summed E-state index contributed by atoms with van der Waals surface area (Å²) in [6.45, 7) is 5.68. The Morgan fingerprint density at radius 3 is 2.65 bits per heavy atom. The van der Waals surface area contributed by atoms with Crippen LogP contribution < -0.4 is 10.6 Å². The molecule has 0 radical (unpaired) electrons. The second kappa shape index (κ2) is 6.74. The van der Waals surface area contributed by atoms with Gasteiger partial charge in [0, 0.05) is 18.3 Å². The fourth-order valence-corrected chi connectivity index (χ4v) is 3.86. The highest BCUT2D eigenvalue weighted by Gasteiger charge is 2.52. The maximum Gasteiger partial charge on any atom is 0.325 e. The number of hydrogen-bond acceptors (Lipinski definition) is 4. The van der Waals surface area contributed by atoms with Gasteiger partial charge in [-0.25, -0.2) is 4.79 Å². The van der Waals surface area contributed by atoms with E-state index in [1.165, 1.54) is 0 Å². The van der Waals surface area contributed by atoms with Gasteiger partial charge in [-0.1, -0.05) is 6.92 Å². The van der Waals surface area contributed by atoms with Crippen molar-refractivity contribution in [3.8, 4) is 0 Å². The van der Waals surface area contributed by atoms with E-state index < -0.39 is 11.6 Å². The van der Waals surface area contributed by atoms with Gasteiger partial charge in [0.2, 0.25) is 5.91 Å². The minimum Gasteiger partial charge on any atom is -0.348 e. The summed E-state index contributed by atoms with van der Waals surface area (Å²) in [7, 11) is 1.84. The van der Waals surface area contributed by atoms with Crippen LogP contribution in [0.4, 0.5) is 4.79 Å². The Morgan fingerprint density at radius 1 is 1.42 bits per heavy atom. The minimum absolute atomic E-state index is 0.249. The molecule has 0 unspecified atom stereocenters. The lowest BCUT2D eigenvalue weighted by Crippen LogP contribution is -2.50. The van der Waals surface area contributed by atoms with E-state index in [0.717, 1.165) is 29.0 Å². The lowest BCUT2D eigenvalue weighted by Gasteiger charge is -2.33. The molecule has 4 amide bonds. The van der Waals surface area contributed by atoms with Crippen molar-refractivity contribution in [2.24, 2.45) is 13.0 Å². The first-order valence-corrected chi connectivity index (χ1v) is 9.15. The molecule has 26 heavy (non-hydrogen) atoms. The highest BCUT2D eigenvalue weighted by Crippen LogP contribution is 2.36. The molecule has 0 aromatic carbocycles. The van der Waals surface area contributed by atoms with Gasteiger partial charge in [0.15, 0.2) is 0 Å². The van der Waals surface area contributed by atoms with Crippen LogP contribution in [-0.4, -0.2) is 44.6 Å². The first-order chi connectivity index (χ1) is 12.2. The quantitative estimate of drug-likeness (QED) is 0.793. The molecule has 8 heteroatoms. The van der Waals surface area contributed by atoms with E-state index in [4.69, 9.17) is 0 Å². The Labute approximate surface area is 153 Å². The molecular formula is C18H27N5O3. The third-order valence-electron chi connectivity index (χ3n) is 5.79. The molecule has 1 spiro atoms. The number of nitrogens with one attached hydrogen (secondary N) is 2. The number of carbonyl (C=O) groups excluding carboxylic acids is 3. The van der Waals surface area contributed by atoms with Crippen molar-refractivity contribution in [3.63, 3.8) is 0 Å². The predicted octanol–water partition coefficient (Wildman–Crippen LogP) is 1.41. The van der Waals surface area contributed by atoms with Crippen molar-refractivity contribution in [2.75, 3.05) is 6.54 Å². The smallest absolute Gasteiger partial charge is 0.325 e. The van der Waals surface area contributed by atoms with Crippen LogP contribution in [0, 0.1) is 12.8 Å². The highest BCUT2D eigenvalue weighted by atomic mass is 16.2. The van der Waals surface area contributed by atoms with E-state index in [1.807, 2.05) is 20.9 Å². The molecule has 3 rings (SSSR count). The summed E-state index contributed by atoms with van der Waals surface area (Å²) in [6.07, 6.45) is 4.81. The van der Waals surface area contributed by atoms with Crippen LogP contribution in [0.1, 0.15) is 56.8 Å². The molecule has 8 nitrogen and oxygen atoms in total. The first-order valence-electron chi connectivity index (χ1n) is 9.15. The van der Waals surface area contributed by atoms with E-state index in [0.29, 0.717) is 18.8 Å². The average Bonchev–Trinajstić information content (AvgIpc) is 3.03. The maximum absolute atomic E-state index is 12.8. The van der Waals surface area contributed by atoms with Crippen molar-refractivity contribution in [2.45, 2.75) is 58.0 Å². The molecule has 2 fully saturated rings. The van der Waals surface area contributed by atoms with Crippen molar-refractivity contribution >= 4 is 17.8 Å². The summed E-state index contributed by atoms with van der Waals surface area (Å²) in [5, 5.41) is 9.86. The number of carbonyl (C=O) groups is 3. The number of aryl methyl sites for hydroxylation is 1. The van der Waals surface area contributed by atoms with Gasteiger partial charge in [-0.2, -0.15) is 5.10 Å². The fourth-order valence-electron chi connectivity index (χ4n) is 3.86. The van der Waals surface area contributed by atoms with Gasteiger partial charge >= 0.3 is 6.03 Å². The lowest BCUT2D eigenvalue weighted by atomic mass is 9.77. The Balaban J connectivity index is 1.63. The first kappa shape index (κ1) is 18.4. The number of hydrogen-bond donors (Lipinski definition) is 2. The van der Waals surface area contributed by atoms with Crippen LogP contribution in [0.15, 0.2) is 6.20 Å². The third kappa shape index (κ3) is 3.20. The van der Waals surface area contributed by atoms with Gasteiger partial charge in [0.1, 0.15) is 12.1 Å². The van der Waals surface area contributed by atoms with Gasteiger partial charge in [0.25, 0.3) is 5.91 Å². The SMILES string of the molecule is Cc1c([C@H](C)NC(=O)CN2C(=O)NC3(CCC(C)CC3)C2=O)cnn1C. The normalized spacial score (nSPS) is 26.9. The van der Waals surface area contributed by atoms with Crippen LogP contribution >= 0.6 is 0 Å². The van der Waals surface area contributed by atoms with Crippen LogP contribution in [-0.2, 0) is 16.6 Å². The van der Waals surface area contributed by atoms with E-state index in [9.17, 15) is 14.4 Å². The summed E-state index contributed by atoms with van der Waals surface area (Å²) >= 11 is 0. The third-order valence-corrected chi connectivity index (χ3v) is 5.79. The van der Waals surface area contributed by atoms with Crippen molar-refractivity contribution < 1.29 is 14.4 Å². The van der Waals surface area contributed by atoms with Crippen LogP contribution in [0.3, 0.4) is 0 Å². The Kier molecular flexibility index (Phi) is 4.77. The molecule has 1 aromatic heterocycles. The summed E-state index contributed by atoms with van der Waals surface area (Å²) in [5.74, 6) is -0.0634. The van der Waals surface area contributed by atoms with E-state index >= 15 is 0 Å². The van der Waals surface area contributed by atoms with Crippen LogP contribution in [0.5, 0.6) is 0 Å². The van der Waals surface area contributed by atoms with E-state index in [1.54, 1.807) is 10.9 Å². The van der Waals surface area contributed by atoms with Crippen molar-refractivity contribution in [1.29, 1.82) is 0 Å². The zero-order valence-electron chi connectivity index (χ0n) is 15.8. The zero-order valence-corrected chi connectivity index (χ0v) is 15.8. The largest absolute Gasteiger partial charge is 0.348 e. The lowest BCUT2D eigenvalue weighted by molar-refractivity contribution is -0.136. The summed E-state index contributed by atoms with van der Waals surface area (Å²) in [4.78, 5) is 38.5. The second-order valence-corrected chi connectivity index (χ2v) is 7.68. The van der Waals surface area contributed by atoms with Gasteiger partial charge in [-0.15, -0.1) is 0 Å². The van der Waals surface area contributed by atoms with Crippen molar-refractivity contribution in [1.82, 2.24) is 25.3 Å². The number of aromatic nitrogens is 2. The summed E-state index contributed by atoms with van der Waals surface area (Å²) in [6, 6.07) is -0.716. The monoisotopic (exact) mass is 361 g/mol. The Morgan fingerprint density at radius 2 is 2.08 bits per heavy atom. The molecule has 1 saturated carbocycles.